The lowest BCUT2D eigenvalue weighted by Gasteiger charge is -2.34. The fourth-order valence-corrected chi connectivity index (χ4v) is 4.83. The van der Waals surface area contributed by atoms with E-state index in [9.17, 15) is 18.3 Å². The molecule has 1 amide bonds. The zero-order valence-electron chi connectivity index (χ0n) is 12.9. The Bertz CT molecular complexity index is 485. The van der Waals surface area contributed by atoms with Crippen LogP contribution in [-0.4, -0.2) is 67.7 Å². The lowest BCUT2D eigenvalue weighted by molar-refractivity contribution is -0.135. The third kappa shape index (κ3) is 3.57. The summed E-state index contributed by atoms with van der Waals surface area (Å²) < 4.78 is 24.8. The van der Waals surface area contributed by atoms with Crippen molar-refractivity contribution in [2.24, 2.45) is 5.41 Å². The summed E-state index contributed by atoms with van der Waals surface area (Å²) in [5.74, 6) is -0.141. The van der Waals surface area contributed by atoms with Crippen molar-refractivity contribution in [2.75, 3.05) is 33.0 Å². The summed E-state index contributed by atoms with van der Waals surface area (Å²) in [5, 5.41) is 9.65. The number of sulfonamides is 1. The fraction of sp³-hybridized carbons (Fsp3) is 0.929. The third-order valence-electron chi connectivity index (χ3n) is 4.86. The Hall–Kier alpha value is -0.660. The Morgan fingerprint density at radius 3 is 2.48 bits per heavy atom. The number of carbonyl (C=O) groups is 1. The Morgan fingerprint density at radius 1 is 1.33 bits per heavy atom. The minimum absolute atomic E-state index is 0.0884. The second-order valence-electron chi connectivity index (χ2n) is 6.59. The van der Waals surface area contributed by atoms with Gasteiger partial charge in [0, 0.05) is 25.6 Å². The summed E-state index contributed by atoms with van der Waals surface area (Å²) in [6.07, 6.45) is 6.50. The number of rotatable bonds is 5. The van der Waals surface area contributed by atoms with Crippen LogP contribution in [0.5, 0.6) is 0 Å². The molecule has 0 spiro atoms. The molecule has 1 heterocycles. The van der Waals surface area contributed by atoms with Gasteiger partial charge in [0.1, 0.15) is 6.04 Å². The van der Waals surface area contributed by atoms with Gasteiger partial charge >= 0.3 is 0 Å². The van der Waals surface area contributed by atoms with Crippen LogP contribution >= 0.6 is 0 Å². The highest BCUT2D eigenvalue weighted by molar-refractivity contribution is 7.88. The van der Waals surface area contributed by atoms with E-state index in [0.29, 0.717) is 19.5 Å². The van der Waals surface area contributed by atoms with Gasteiger partial charge in [0.25, 0.3) is 0 Å². The summed E-state index contributed by atoms with van der Waals surface area (Å²) >= 11 is 0. The van der Waals surface area contributed by atoms with Crippen molar-refractivity contribution in [1.82, 2.24) is 9.21 Å². The average Bonchev–Trinajstić information content (AvgIpc) is 3.06. The lowest BCUT2D eigenvalue weighted by atomic mass is 9.86. The SMILES string of the molecule is CN(CC1(CO)CCCC1)C(=O)[C@H]1CCCN1S(C)(=O)=O. The number of amides is 1. The fourth-order valence-electron chi connectivity index (χ4n) is 3.71. The highest BCUT2D eigenvalue weighted by Crippen LogP contribution is 2.38. The largest absolute Gasteiger partial charge is 0.396 e. The van der Waals surface area contributed by atoms with E-state index in [1.807, 2.05) is 0 Å². The molecule has 1 atom stereocenters. The first-order chi connectivity index (χ1) is 9.79. The highest BCUT2D eigenvalue weighted by atomic mass is 32.2. The van der Waals surface area contributed by atoms with Crippen LogP contribution in [0.3, 0.4) is 0 Å². The average molecular weight is 318 g/mol. The maximum atomic E-state index is 12.6. The van der Waals surface area contributed by atoms with Crippen molar-refractivity contribution in [2.45, 2.75) is 44.6 Å². The van der Waals surface area contributed by atoms with Crippen LogP contribution in [0.1, 0.15) is 38.5 Å². The number of aliphatic hydroxyl groups is 1. The van der Waals surface area contributed by atoms with Gasteiger partial charge in [-0.2, -0.15) is 4.31 Å². The van der Waals surface area contributed by atoms with E-state index in [4.69, 9.17) is 0 Å². The Morgan fingerprint density at radius 2 is 1.95 bits per heavy atom. The van der Waals surface area contributed by atoms with E-state index in [1.54, 1.807) is 11.9 Å². The molecule has 122 valence electrons. The molecule has 6 nitrogen and oxygen atoms in total. The second kappa shape index (κ2) is 6.22. The molecule has 2 aliphatic rings. The van der Waals surface area contributed by atoms with Crippen LogP contribution < -0.4 is 0 Å². The third-order valence-corrected chi connectivity index (χ3v) is 6.15. The van der Waals surface area contributed by atoms with Gasteiger partial charge in [-0.25, -0.2) is 8.42 Å². The predicted molar refractivity (Wildman–Crippen MR) is 80.2 cm³/mol. The minimum atomic E-state index is -3.34. The van der Waals surface area contributed by atoms with Crippen molar-refractivity contribution < 1.29 is 18.3 Å². The lowest BCUT2D eigenvalue weighted by Crippen LogP contribution is -2.49. The molecule has 0 aromatic heterocycles. The van der Waals surface area contributed by atoms with Crippen LogP contribution in [0.25, 0.3) is 0 Å². The van der Waals surface area contributed by atoms with Crippen molar-refractivity contribution in [3.05, 3.63) is 0 Å². The smallest absolute Gasteiger partial charge is 0.240 e. The van der Waals surface area contributed by atoms with E-state index in [1.165, 1.54) is 4.31 Å². The standard InChI is InChI=1S/C14H26N2O4S/c1-15(10-14(11-17)7-3-4-8-14)13(18)12-6-5-9-16(12)21(2,19)20/h12,17H,3-11H2,1-2H3/t12-/m1/s1. The maximum absolute atomic E-state index is 12.6. The normalized spacial score (nSPS) is 26.1. The van der Waals surface area contributed by atoms with Crippen molar-refractivity contribution in [3.8, 4) is 0 Å². The van der Waals surface area contributed by atoms with Crippen molar-refractivity contribution in [3.63, 3.8) is 0 Å². The van der Waals surface area contributed by atoms with Crippen LogP contribution in [0.15, 0.2) is 0 Å². The van der Waals surface area contributed by atoms with E-state index in [-0.39, 0.29) is 17.9 Å². The molecule has 1 saturated heterocycles. The molecule has 2 fully saturated rings. The molecule has 1 N–H and O–H groups in total. The topological polar surface area (TPSA) is 77.9 Å². The first-order valence-electron chi connectivity index (χ1n) is 7.62. The van der Waals surface area contributed by atoms with Crippen LogP contribution in [0, 0.1) is 5.41 Å². The van der Waals surface area contributed by atoms with Crippen molar-refractivity contribution >= 4 is 15.9 Å². The van der Waals surface area contributed by atoms with Crippen molar-refractivity contribution in [1.29, 1.82) is 0 Å². The number of aliphatic hydroxyl groups excluding tert-OH is 1. The first-order valence-corrected chi connectivity index (χ1v) is 9.47. The molecule has 2 rings (SSSR count). The van der Waals surface area contributed by atoms with E-state index < -0.39 is 16.1 Å². The van der Waals surface area contributed by atoms with Crippen LogP contribution in [0.2, 0.25) is 0 Å². The first kappa shape index (κ1) is 16.7. The zero-order valence-corrected chi connectivity index (χ0v) is 13.7. The Labute approximate surface area is 127 Å². The van der Waals surface area contributed by atoms with Gasteiger partial charge in [0.2, 0.25) is 15.9 Å². The van der Waals surface area contributed by atoms with Crippen LogP contribution in [-0.2, 0) is 14.8 Å². The molecule has 0 aromatic carbocycles. The van der Waals surface area contributed by atoms with Gasteiger partial charge in [-0.05, 0) is 25.7 Å². The van der Waals surface area contributed by atoms with Gasteiger partial charge in [-0.15, -0.1) is 0 Å². The quantitative estimate of drug-likeness (QED) is 0.797. The van der Waals surface area contributed by atoms with Gasteiger partial charge < -0.3 is 10.0 Å². The molecule has 1 aliphatic heterocycles. The van der Waals surface area contributed by atoms with Crippen LogP contribution in [0.4, 0.5) is 0 Å². The number of nitrogens with zero attached hydrogens (tertiary/aromatic N) is 2. The van der Waals surface area contributed by atoms with Gasteiger partial charge in [0.15, 0.2) is 0 Å². The molecule has 1 saturated carbocycles. The number of hydrogen-bond acceptors (Lipinski definition) is 4. The van der Waals surface area contributed by atoms with E-state index in [0.717, 1.165) is 38.4 Å². The molecule has 21 heavy (non-hydrogen) atoms. The molecule has 0 radical (unpaired) electrons. The molecule has 0 bridgehead atoms. The summed E-state index contributed by atoms with van der Waals surface area (Å²) in [6.45, 7) is 1.02. The number of carbonyl (C=O) groups excluding carboxylic acids is 1. The molecular formula is C14H26N2O4S. The summed E-state index contributed by atoms with van der Waals surface area (Å²) in [4.78, 5) is 14.2. The number of hydrogen-bond donors (Lipinski definition) is 1. The summed E-state index contributed by atoms with van der Waals surface area (Å²) in [6, 6.07) is -0.567. The van der Waals surface area contributed by atoms with E-state index in [2.05, 4.69) is 0 Å². The van der Waals surface area contributed by atoms with Gasteiger partial charge in [0.05, 0.1) is 12.9 Å². The van der Waals surface area contributed by atoms with Gasteiger partial charge in [-0.1, -0.05) is 12.8 Å². The summed E-state index contributed by atoms with van der Waals surface area (Å²) in [7, 11) is -1.62. The number of likely N-dealkylation sites (N-methyl/N-ethyl adjacent to an activating group) is 1. The second-order valence-corrected chi connectivity index (χ2v) is 8.53. The molecule has 0 aromatic rings. The maximum Gasteiger partial charge on any atom is 0.240 e. The molecule has 1 aliphatic carbocycles. The predicted octanol–water partition coefficient (Wildman–Crippen LogP) is 0.421. The molecule has 0 unspecified atom stereocenters. The summed E-state index contributed by atoms with van der Waals surface area (Å²) in [5.41, 5.74) is -0.196. The Balaban J connectivity index is 2.05. The van der Waals surface area contributed by atoms with Gasteiger partial charge in [-0.3, -0.25) is 4.79 Å². The zero-order chi connectivity index (χ0) is 15.7. The minimum Gasteiger partial charge on any atom is -0.396 e. The monoisotopic (exact) mass is 318 g/mol. The molecule has 7 heteroatoms. The van der Waals surface area contributed by atoms with E-state index >= 15 is 0 Å². The Kier molecular flexibility index (Phi) is 4.95. The molecular weight excluding hydrogens is 292 g/mol. The highest BCUT2D eigenvalue weighted by Gasteiger charge is 2.41.